The van der Waals surface area contributed by atoms with E-state index in [9.17, 15) is 15.3 Å². The molecule has 3 nitrogen and oxygen atoms in total. The van der Waals surface area contributed by atoms with Gasteiger partial charge in [0.25, 0.3) is 0 Å². The summed E-state index contributed by atoms with van der Waals surface area (Å²) in [6, 6.07) is 25.0. The topological polar surface area (TPSA) is 69.2 Å². The van der Waals surface area contributed by atoms with Crippen LogP contribution in [0, 0.1) is 0 Å². The molecular weight excluding hydrogens is 431 g/mol. The van der Waals surface area contributed by atoms with E-state index in [4.69, 9.17) is 0 Å². The third-order valence-corrected chi connectivity index (χ3v) is 3.77. The van der Waals surface area contributed by atoms with Gasteiger partial charge >= 0.3 is 46.7 Å². The van der Waals surface area contributed by atoms with Crippen LogP contribution >= 0.6 is 0 Å². The molecule has 4 heteroatoms. The first-order valence-corrected chi connectivity index (χ1v) is 10.4. The molecule has 0 unspecified atom stereocenters. The van der Waals surface area contributed by atoms with Crippen molar-refractivity contribution in [2.45, 2.75) is 24.2 Å². The fourth-order valence-corrected chi connectivity index (χ4v) is 2.45. The van der Waals surface area contributed by atoms with Gasteiger partial charge in [-0.25, -0.2) is 0 Å². The van der Waals surface area contributed by atoms with Gasteiger partial charge in [-0.05, 0) is 0 Å². The van der Waals surface area contributed by atoms with Crippen molar-refractivity contribution in [3.05, 3.63) is 91.0 Å². The minimum absolute atomic E-state index is 0.0718. The molecule has 0 aliphatic rings. The molecule has 0 spiro atoms. The average molecular weight is 455 g/mol. The molecule has 0 aromatic heterocycles. The van der Waals surface area contributed by atoms with Crippen molar-refractivity contribution in [2.75, 3.05) is 0 Å². The van der Waals surface area contributed by atoms with Gasteiger partial charge in [-0.3, -0.25) is 0 Å². The molecule has 3 rings (SSSR count). The largest absolute Gasteiger partial charge is 0.872 e. The van der Waals surface area contributed by atoms with Crippen molar-refractivity contribution in [1.82, 2.24) is 0 Å². The Balaban J connectivity index is 0.000000324. The molecule has 0 fully saturated rings. The van der Waals surface area contributed by atoms with E-state index in [1.54, 1.807) is 58.9 Å². The predicted octanol–water partition coefficient (Wildman–Crippen LogP) is 3.65. The molecule has 3 aromatic carbocycles. The van der Waals surface area contributed by atoms with Crippen LogP contribution in [0.1, 0.15) is 19.8 Å². The van der Waals surface area contributed by atoms with Crippen molar-refractivity contribution < 1.29 is 15.3 Å². The second-order valence-corrected chi connectivity index (χ2v) is 6.47. The molecule has 0 aliphatic heterocycles. The van der Waals surface area contributed by atoms with Crippen LogP contribution < -0.4 is 15.3 Å². The maximum Gasteiger partial charge on any atom is -0.0623 e. The smallest absolute Gasteiger partial charge is 0.0623 e. The van der Waals surface area contributed by atoms with E-state index in [1.807, 2.05) is 18.2 Å². The molecule has 0 aliphatic carbocycles. The number of rotatable bonds is 2. The van der Waals surface area contributed by atoms with Crippen LogP contribution in [0.25, 0.3) is 0 Å². The second kappa shape index (κ2) is 17.7. The number of unbranched alkanes of at least 4 members (excludes halogenated alkanes) is 1. The fourth-order valence-electron chi connectivity index (χ4n) is 1.44. The molecule has 0 amide bonds. The van der Waals surface area contributed by atoms with Gasteiger partial charge in [0.1, 0.15) is 0 Å². The summed E-state index contributed by atoms with van der Waals surface area (Å²) < 4.78 is 1.43. The maximum atomic E-state index is 10.3. The van der Waals surface area contributed by atoms with Crippen LogP contribution in [0.5, 0.6) is 17.2 Å². The molecular formula is C22H24O3Sn. The summed E-state index contributed by atoms with van der Waals surface area (Å²) in [6.45, 7) is 2.23. The van der Waals surface area contributed by atoms with Gasteiger partial charge in [0.15, 0.2) is 0 Å². The van der Waals surface area contributed by atoms with E-state index in [0.717, 1.165) is 0 Å². The predicted molar refractivity (Wildman–Crippen MR) is 103 cm³/mol. The number of para-hydroxylation sites is 3. The zero-order valence-corrected chi connectivity index (χ0v) is 17.9. The van der Waals surface area contributed by atoms with Crippen LogP contribution in [0.15, 0.2) is 91.0 Å². The molecule has 134 valence electrons. The van der Waals surface area contributed by atoms with Gasteiger partial charge in [-0.1, -0.05) is 91.0 Å². The zero-order chi connectivity index (χ0) is 19.5. The maximum absolute atomic E-state index is 10.3. The Labute approximate surface area is 170 Å². The number of hydrogen-bond acceptors (Lipinski definition) is 3. The first-order valence-electron chi connectivity index (χ1n) is 8.41. The van der Waals surface area contributed by atoms with Gasteiger partial charge in [-0.2, -0.15) is 0 Å². The van der Waals surface area contributed by atoms with Crippen molar-refractivity contribution in [2.24, 2.45) is 0 Å². The number of hydrogen-bond donors (Lipinski definition) is 0. The zero-order valence-electron chi connectivity index (χ0n) is 15.0. The Hall–Kier alpha value is -2.14. The Morgan fingerprint density at radius 3 is 0.923 bits per heavy atom. The summed E-state index contributed by atoms with van der Waals surface area (Å²) in [5.74, 6) is 0.215. The molecule has 0 heterocycles. The Morgan fingerprint density at radius 1 is 0.577 bits per heavy atom. The fraction of sp³-hybridized carbons (Fsp3) is 0.182. The summed E-state index contributed by atoms with van der Waals surface area (Å²) in [7, 11) is 0. The van der Waals surface area contributed by atoms with Crippen LogP contribution in [0.4, 0.5) is 0 Å². The van der Waals surface area contributed by atoms with Crippen molar-refractivity contribution >= 4 is 22.5 Å². The van der Waals surface area contributed by atoms with Crippen molar-refractivity contribution in [3.8, 4) is 17.2 Å². The molecule has 0 saturated heterocycles. The molecule has 0 radical (unpaired) electrons. The minimum atomic E-state index is 0.0718. The average Bonchev–Trinajstić information content (AvgIpc) is 2.66. The van der Waals surface area contributed by atoms with E-state index in [-0.39, 0.29) is 17.2 Å². The normalized spacial score (nSPS) is 8.58. The second-order valence-electron chi connectivity index (χ2n) is 5.04. The summed E-state index contributed by atoms with van der Waals surface area (Å²) in [5.41, 5.74) is 0. The third kappa shape index (κ3) is 16.7. The first-order chi connectivity index (χ1) is 12.6. The summed E-state index contributed by atoms with van der Waals surface area (Å²) in [6.07, 6.45) is 2.80. The molecule has 0 N–H and O–H groups in total. The van der Waals surface area contributed by atoms with E-state index in [1.165, 1.54) is 53.7 Å². The van der Waals surface area contributed by atoms with Crippen LogP contribution in [0.3, 0.4) is 0 Å². The van der Waals surface area contributed by atoms with Gasteiger partial charge in [0.2, 0.25) is 0 Å². The van der Waals surface area contributed by atoms with E-state index >= 15 is 0 Å². The SMILES string of the molecule is CCC[CH2][Sn+3].[O-]c1ccccc1.[O-]c1ccccc1.[O-]c1ccccc1. The van der Waals surface area contributed by atoms with Crippen LogP contribution in [-0.4, -0.2) is 22.5 Å². The Morgan fingerprint density at radius 2 is 0.846 bits per heavy atom. The monoisotopic (exact) mass is 456 g/mol. The summed E-state index contributed by atoms with van der Waals surface area (Å²) in [4.78, 5) is 0. The van der Waals surface area contributed by atoms with E-state index < -0.39 is 0 Å². The quantitative estimate of drug-likeness (QED) is 0.555. The van der Waals surface area contributed by atoms with Gasteiger partial charge in [-0.15, -0.1) is 17.2 Å². The van der Waals surface area contributed by atoms with E-state index in [2.05, 4.69) is 6.92 Å². The molecule has 3 aromatic rings. The summed E-state index contributed by atoms with van der Waals surface area (Å²) in [5, 5.41) is 30.8. The van der Waals surface area contributed by atoms with Crippen LogP contribution in [0.2, 0.25) is 4.44 Å². The Bertz CT molecular complexity index is 540. The summed E-state index contributed by atoms with van der Waals surface area (Å²) >= 11 is 1.68. The minimum Gasteiger partial charge on any atom is -0.872 e. The third-order valence-electron chi connectivity index (χ3n) is 2.76. The molecule has 0 atom stereocenters. The number of benzene rings is 3. The van der Waals surface area contributed by atoms with E-state index in [0.29, 0.717) is 0 Å². The first kappa shape index (κ1) is 23.9. The standard InChI is InChI=1S/3C6H6O.C4H9.Sn/c3*7-6-4-2-1-3-5-6;1-3-4-2;/h3*1-5,7H;1,3-4H2,2H3;/q;;;;+3/p-3. The molecule has 0 saturated carbocycles. The van der Waals surface area contributed by atoms with Crippen molar-refractivity contribution in [1.29, 1.82) is 0 Å². The molecule has 26 heavy (non-hydrogen) atoms. The molecule has 0 bridgehead atoms. The van der Waals surface area contributed by atoms with Gasteiger partial charge in [0.05, 0.1) is 0 Å². The van der Waals surface area contributed by atoms with Gasteiger partial charge in [0, 0.05) is 0 Å². The van der Waals surface area contributed by atoms with Crippen LogP contribution in [-0.2, 0) is 0 Å². The van der Waals surface area contributed by atoms with Gasteiger partial charge < -0.3 is 15.3 Å². The van der Waals surface area contributed by atoms with Crippen molar-refractivity contribution in [3.63, 3.8) is 0 Å². The Kier molecular flexibility index (Phi) is 16.2.